The van der Waals surface area contributed by atoms with E-state index < -0.39 is 0 Å². The molecule has 3 N–H and O–H groups in total. The molecule has 2 unspecified atom stereocenters. The summed E-state index contributed by atoms with van der Waals surface area (Å²) in [6.07, 6.45) is 1.83. The van der Waals surface area contributed by atoms with Crippen LogP contribution in [0.5, 0.6) is 0 Å². The van der Waals surface area contributed by atoms with Crippen LogP contribution < -0.4 is 16.0 Å². The van der Waals surface area contributed by atoms with Gasteiger partial charge in [0, 0.05) is 12.6 Å². The second kappa shape index (κ2) is 9.75. The zero-order valence-corrected chi connectivity index (χ0v) is 13.7. The summed E-state index contributed by atoms with van der Waals surface area (Å²) in [5.41, 5.74) is 0. The van der Waals surface area contributed by atoms with Gasteiger partial charge in [0.15, 0.2) is 0 Å². The van der Waals surface area contributed by atoms with Crippen molar-refractivity contribution in [1.82, 2.24) is 16.0 Å². The van der Waals surface area contributed by atoms with Gasteiger partial charge >= 0.3 is 0 Å². The Bertz CT molecular complexity index is 301. The largest absolute Gasteiger partial charge is 0.354 e. The van der Waals surface area contributed by atoms with Crippen LogP contribution in [0.2, 0.25) is 0 Å². The summed E-state index contributed by atoms with van der Waals surface area (Å²) < 4.78 is 0. The Labute approximate surface area is 123 Å². The van der Waals surface area contributed by atoms with E-state index in [9.17, 15) is 9.59 Å². The molecular formula is C15H31N3O2. The number of rotatable bonds is 9. The third-order valence-electron chi connectivity index (χ3n) is 3.30. The molecule has 0 fully saturated rings. The Balaban J connectivity index is 4.20. The summed E-state index contributed by atoms with van der Waals surface area (Å²) in [7, 11) is 0. The molecule has 5 nitrogen and oxygen atoms in total. The smallest absolute Gasteiger partial charge is 0.237 e. The quantitative estimate of drug-likeness (QED) is 0.600. The molecule has 2 amide bonds. The number of hydrogen-bond donors (Lipinski definition) is 3. The molecule has 2 atom stereocenters. The van der Waals surface area contributed by atoms with Crippen molar-refractivity contribution in [3.05, 3.63) is 0 Å². The van der Waals surface area contributed by atoms with Gasteiger partial charge in [0.2, 0.25) is 11.8 Å². The van der Waals surface area contributed by atoms with Crippen LogP contribution in [0.3, 0.4) is 0 Å². The summed E-state index contributed by atoms with van der Waals surface area (Å²) in [4.78, 5) is 23.8. The molecule has 5 heteroatoms. The van der Waals surface area contributed by atoms with Gasteiger partial charge in [-0.2, -0.15) is 0 Å². The van der Waals surface area contributed by atoms with Crippen LogP contribution in [-0.4, -0.2) is 36.5 Å². The van der Waals surface area contributed by atoms with E-state index in [1.165, 1.54) is 0 Å². The zero-order chi connectivity index (χ0) is 15.7. The van der Waals surface area contributed by atoms with E-state index in [0.717, 1.165) is 12.8 Å². The highest BCUT2D eigenvalue weighted by atomic mass is 16.2. The van der Waals surface area contributed by atoms with Gasteiger partial charge in [-0.05, 0) is 32.6 Å². The minimum absolute atomic E-state index is 0.0535. The fraction of sp³-hybridized carbons (Fsp3) is 0.867. The summed E-state index contributed by atoms with van der Waals surface area (Å²) in [6, 6.07) is -0.552. The van der Waals surface area contributed by atoms with Crippen molar-refractivity contribution >= 4 is 11.8 Å². The minimum atomic E-state index is -0.379. The standard InChI is InChI=1S/C15H31N3O2/c1-7-13(8-2)18-15(20)12(6)17-11(5)14(19)16-9-10(3)4/h10-13,17H,7-9H2,1-6H3,(H,16,19)(H,18,20). The molecular weight excluding hydrogens is 254 g/mol. The van der Waals surface area contributed by atoms with Crippen LogP contribution in [0, 0.1) is 5.92 Å². The van der Waals surface area contributed by atoms with Crippen LogP contribution in [0.4, 0.5) is 0 Å². The number of nitrogens with one attached hydrogen (secondary N) is 3. The maximum Gasteiger partial charge on any atom is 0.237 e. The Morgan fingerprint density at radius 3 is 1.85 bits per heavy atom. The fourth-order valence-electron chi connectivity index (χ4n) is 1.80. The molecule has 0 radical (unpaired) electrons. The molecule has 0 saturated carbocycles. The monoisotopic (exact) mass is 285 g/mol. The van der Waals surface area contributed by atoms with Gasteiger partial charge in [-0.3, -0.25) is 14.9 Å². The highest BCUT2D eigenvalue weighted by molar-refractivity contribution is 5.84. The summed E-state index contributed by atoms with van der Waals surface area (Å²) in [6.45, 7) is 12.4. The van der Waals surface area contributed by atoms with E-state index in [1.807, 2.05) is 13.8 Å². The summed E-state index contributed by atoms with van der Waals surface area (Å²) in [5, 5.41) is 8.87. The van der Waals surface area contributed by atoms with Gasteiger partial charge in [0.05, 0.1) is 12.1 Å². The average molecular weight is 285 g/mol. The van der Waals surface area contributed by atoms with E-state index >= 15 is 0 Å². The maximum absolute atomic E-state index is 12.0. The maximum atomic E-state index is 12.0. The third kappa shape index (κ3) is 7.48. The van der Waals surface area contributed by atoms with Crippen molar-refractivity contribution in [2.45, 2.75) is 72.5 Å². The van der Waals surface area contributed by atoms with Gasteiger partial charge in [0.25, 0.3) is 0 Å². The molecule has 0 bridgehead atoms. The van der Waals surface area contributed by atoms with Crippen LogP contribution in [-0.2, 0) is 9.59 Å². The SMILES string of the molecule is CCC(CC)NC(=O)C(C)NC(C)C(=O)NCC(C)C. The minimum Gasteiger partial charge on any atom is -0.354 e. The number of carbonyl (C=O) groups excluding carboxylic acids is 2. The van der Waals surface area contributed by atoms with E-state index in [-0.39, 0.29) is 29.9 Å². The fourth-order valence-corrected chi connectivity index (χ4v) is 1.80. The Hall–Kier alpha value is -1.10. The second-order valence-corrected chi connectivity index (χ2v) is 5.77. The molecule has 0 saturated heterocycles. The van der Waals surface area contributed by atoms with Gasteiger partial charge in [-0.15, -0.1) is 0 Å². The molecule has 0 aliphatic carbocycles. The first-order valence-electron chi connectivity index (χ1n) is 7.65. The molecule has 0 heterocycles. The molecule has 0 aromatic rings. The zero-order valence-electron chi connectivity index (χ0n) is 13.7. The van der Waals surface area contributed by atoms with Gasteiger partial charge in [-0.1, -0.05) is 27.7 Å². The molecule has 0 aromatic heterocycles. The van der Waals surface area contributed by atoms with Crippen molar-refractivity contribution in [3.63, 3.8) is 0 Å². The van der Waals surface area contributed by atoms with E-state index in [0.29, 0.717) is 12.5 Å². The lowest BCUT2D eigenvalue weighted by molar-refractivity contribution is -0.125. The highest BCUT2D eigenvalue weighted by Gasteiger charge is 2.20. The van der Waals surface area contributed by atoms with E-state index in [4.69, 9.17) is 0 Å². The molecule has 0 aliphatic heterocycles. The first kappa shape index (κ1) is 18.9. The van der Waals surface area contributed by atoms with Crippen molar-refractivity contribution in [3.8, 4) is 0 Å². The van der Waals surface area contributed by atoms with Gasteiger partial charge in [0.1, 0.15) is 0 Å². The molecule has 0 rings (SSSR count). The molecule has 118 valence electrons. The van der Waals surface area contributed by atoms with Crippen molar-refractivity contribution in [1.29, 1.82) is 0 Å². The lowest BCUT2D eigenvalue weighted by Crippen LogP contribution is -2.52. The Morgan fingerprint density at radius 1 is 0.900 bits per heavy atom. The van der Waals surface area contributed by atoms with Crippen LogP contribution in [0.25, 0.3) is 0 Å². The number of hydrogen-bond acceptors (Lipinski definition) is 3. The first-order valence-corrected chi connectivity index (χ1v) is 7.65. The van der Waals surface area contributed by atoms with Crippen LogP contribution in [0.1, 0.15) is 54.4 Å². The lowest BCUT2D eigenvalue weighted by atomic mass is 10.1. The van der Waals surface area contributed by atoms with Crippen molar-refractivity contribution < 1.29 is 9.59 Å². The highest BCUT2D eigenvalue weighted by Crippen LogP contribution is 1.98. The summed E-state index contributed by atoms with van der Waals surface area (Å²) in [5.74, 6) is 0.296. The van der Waals surface area contributed by atoms with E-state index in [2.05, 4.69) is 29.8 Å². The first-order chi connectivity index (χ1) is 9.31. The Morgan fingerprint density at radius 2 is 1.40 bits per heavy atom. The molecule has 0 spiro atoms. The lowest BCUT2D eigenvalue weighted by Gasteiger charge is -2.22. The topological polar surface area (TPSA) is 70.2 Å². The summed E-state index contributed by atoms with van der Waals surface area (Å²) >= 11 is 0. The number of carbonyl (C=O) groups is 2. The molecule has 0 aromatic carbocycles. The predicted octanol–water partition coefficient (Wildman–Crippen LogP) is 1.43. The third-order valence-corrected chi connectivity index (χ3v) is 3.30. The number of amides is 2. The van der Waals surface area contributed by atoms with Gasteiger partial charge < -0.3 is 10.6 Å². The Kier molecular flexibility index (Phi) is 9.21. The molecule has 0 aliphatic rings. The second-order valence-electron chi connectivity index (χ2n) is 5.77. The van der Waals surface area contributed by atoms with E-state index in [1.54, 1.807) is 13.8 Å². The average Bonchev–Trinajstić information content (AvgIpc) is 2.41. The predicted molar refractivity (Wildman–Crippen MR) is 82.4 cm³/mol. The van der Waals surface area contributed by atoms with Crippen molar-refractivity contribution in [2.75, 3.05) is 6.54 Å². The normalized spacial score (nSPS) is 14.2. The van der Waals surface area contributed by atoms with Crippen LogP contribution in [0.15, 0.2) is 0 Å². The van der Waals surface area contributed by atoms with Crippen LogP contribution >= 0.6 is 0 Å². The van der Waals surface area contributed by atoms with Crippen molar-refractivity contribution in [2.24, 2.45) is 5.92 Å². The van der Waals surface area contributed by atoms with Gasteiger partial charge in [-0.25, -0.2) is 0 Å². The molecule has 20 heavy (non-hydrogen) atoms.